The number of nitrogens with zero attached hydrogens (tertiary/aromatic N) is 4. The molecule has 1 fully saturated rings. The molecule has 1 aliphatic rings. The number of amides is 2. The Morgan fingerprint density at radius 1 is 1.07 bits per heavy atom. The molecule has 4 rings (SSSR count). The molecule has 0 radical (unpaired) electrons. The maximum atomic E-state index is 12.4. The van der Waals surface area contributed by atoms with Crippen LogP contribution in [0.15, 0.2) is 60.9 Å². The Hall–Kier alpha value is -3.39. The highest BCUT2D eigenvalue weighted by atomic mass is 35.5. The minimum absolute atomic E-state index is 0.0614. The van der Waals surface area contributed by atoms with Gasteiger partial charge in [-0.3, -0.25) is 9.59 Å². The molecule has 8 nitrogen and oxygen atoms in total. The molecule has 30 heavy (non-hydrogen) atoms. The molecule has 0 aliphatic carbocycles. The van der Waals surface area contributed by atoms with Crippen molar-refractivity contribution in [3.63, 3.8) is 0 Å². The molecule has 154 valence electrons. The molecule has 0 saturated carbocycles. The van der Waals surface area contributed by atoms with Crippen molar-refractivity contribution in [2.75, 3.05) is 29.9 Å². The standard InChI is InChI=1S/C21H21ClN6O2/c22-16-3-5-17(6-4-16)28-14-15(13-20(28)29)21(30)24-10-9-23-18-7-8-19(26-25-18)27-11-1-2-12-27/h1-8,11-12,15H,9-10,13-14H2,(H,23,25)(H,24,30). The van der Waals surface area contributed by atoms with Crippen LogP contribution in [0.2, 0.25) is 5.02 Å². The molecular weight excluding hydrogens is 404 g/mol. The van der Waals surface area contributed by atoms with Gasteiger partial charge in [0.25, 0.3) is 0 Å². The molecule has 2 amide bonds. The summed E-state index contributed by atoms with van der Waals surface area (Å²) in [5, 5.41) is 14.9. The van der Waals surface area contributed by atoms with Gasteiger partial charge >= 0.3 is 0 Å². The summed E-state index contributed by atoms with van der Waals surface area (Å²) in [4.78, 5) is 26.4. The maximum absolute atomic E-state index is 12.4. The number of halogens is 1. The van der Waals surface area contributed by atoms with Gasteiger partial charge in [-0.05, 0) is 48.5 Å². The van der Waals surface area contributed by atoms with Crippen LogP contribution in [0, 0.1) is 5.92 Å². The monoisotopic (exact) mass is 424 g/mol. The highest BCUT2D eigenvalue weighted by Crippen LogP contribution is 2.26. The first-order chi connectivity index (χ1) is 14.6. The van der Waals surface area contributed by atoms with E-state index >= 15 is 0 Å². The summed E-state index contributed by atoms with van der Waals surface area (Å²) in [6.45, 7) is 1.29. The zero-order chi connectivity index (χ0) is 20.9. The van der Waals surface area contributed by atoms with Gasteiger partial charge < -0.3 is 20.1 Å². The van der Waals surface area contributed by atoms with Gasteiger partial charge in [-0.15, -0.1) is 10.2 Å². The smallest absolute Gasteiger partial charge is 0.227 e. The summed E-state index contributed by atoms with van der Waals surface area (Å²) in [5.41, 5.74) is 0.753. The minimum atomic E-state index is -0.367. The van der Waals surface area contributed by atoms with Crippen molar-refractivity contribution in [1.82, 2.24) is 20.1 Å². The van der Waals surface area contributed by atoms with Crippen LogP contribution in [0.5, 0.6) is 0 Å². The van der Waals surface area contributed by atoms with Crippen LogP contribution >= 0.6 is 11.6 Å². The Labute approximate surface area is 178 Å². The lowest BCUT2D eigenvalue weighted by Crippen LogP contribution is -2.35. The summed E-state index contributed by atoms with van der Waals surface area (Å²) in [6.07, 6.45) is 4.00. The molecule has 1 atom stereocenters. The van der Waals surface area contributed by atoms with Crippen molar-refractivity contribution in [3.8, 4) is 5.82 Å². The Morgan fingerprint density at radius 3 is 2.53 bits per heavy atom. The SMILES string of the molecule is O=C(NCCNc1ccc(-n2cccc2)nn1)C1CC(=O)N(c2ccc(Cl)cc2)C1. The maximum Gasteiger partial charge on any atom is 0.227 e. The third-order valence-electron chi connectivity index (χ3n) is 4.88. The van der Waals surface area contributed by atoms with Crippen LogP contribution in [-0.4, -0.2) is 46.2 Å². The van der Waals surface area contributed by atoms with Crippen LogP contribution in [0.3, 0.4) is 0 Å². The molecule has 1 aromatic carbocycles. The average Bonchev–Trinajstić information content (AvgIpc) is 3.42. The number of carbonyl (C=O) groups is 2. The summed E-state index contributed by atoms with van der Waals surface area (Å²) >= 11 is 5.90. The van der Waals surface area contributed by atoms with Crippen LogP contribution in [0.1, 0.15) is 6.42 Å². The fourth-order valence-electron chi connectivity index (χ4n) is 3.32. The Bertz CT molecular complexity index is 1000. The number of benzene rings is 1. The minimum Gasteiger partial charge on any atom is -0.367 e. The second-order valence-corrected chi connectivity index (χ2v) is 7.40. The van der Waals surface area contributed by atoms with E-state index in [1.807, 2.05) is 41.2 Å². The topological polar surface area (TPSA) is 92.1 Å². The van der Waals surface area contributed by atoms with Gasteiger partial charge in [-0.2, -0.15) is 0 Å². The van der Waals surface area contributed by atoms with E-state index < -0.39 is 0 Å². The number of hydrogen-bond donors (Lipinski definition) is 2. The summed E-state index contributed by atoms with van der Waals surface area (Å²) < 4.78 is 1.87. The van der Waals surface area contributed by atoms with E-state index in [0.29, 0.717) is 30.5 Å². The molecule has 0 spiro atoms. The average molecular weight is 425 g/mol. The van der Waals surface area contributed by atoms with Crippen molar-refractivity contribution in [3.05, 3.63) is 65.9 Å². The molecule has 1 aliphatic heterocycles. The van der Waals surface area contributed by atoms with Crippen LogP contribution in [0.25, 0.3) is 5.82 Å². The van der Waals surface area contributed by atoms with E-state index in [9.17, 15) is 9.59 Å². The van der Waals surface area contributed by atoms with Crippen molar-refractivity contribution in [1.29, 1.82) is 0 Å². The van der Waals surface area contributed by atoms with Crippen LogP contribution < -0.4 is 15.5 Å². The number of hydrogen-bond acceptors (Lipinski definition) is 5. The first kappa shape index (κ1) is 19.9. The molecule has 3 heterocycles. The van der Waals surface area contributed by atoms with E-state index in [4.69, 9.17) is 11.6 Å². The largest absolute Gasteiger partial charge is 0.367 e. The van der Waals surface area contributed by atoms with E-state index in [1.165, 1.54) is 0 Å². The second-order valence-electron chi connectivity index (χ2n) is 6.97. The van der Waals surface area contributed by atoms with Gasteiger partial charge in [-0.1, -0.05) is 11.6 Å². The molecule has 1 saturated heterocycles. The summed E-state index contributed by atoms with van der Waals surface area (Å²) in [7, 11) is 0. The van der Waals surface area contributed by atoms with Gasteiger partial charge in [0.1, 0.15) is 5.82 Å². The van der Waals surface area contributed by atoms with Crippen molar-refractivity contribution in [2.45, 2.75) is 6.42 Å². The molecule has 1 unspecified atom stereocenters. The zero-order valence-electron chi connectivity index (χ0n) is 16.2. The summed E-state index contributed by atoms with van der Waals surface area (Å²) in [6, 6.07) is 14.6. The lowest BCUT2D eigenvalue weighted by Gasteiger charge is -2.16. The van der Waals surface area contributed by atoms with E-state index in [-0.39, 0.29) is 24.2 Å². The third kappa shape index (κ3) is 4.60. The molecule has 2 N–H and O–H groups in total. The van der Waals surface area contributed by atoms with Gasteiger partial charge in [0.2, 0.25) is 11.8 Å². The van der Waals surface area contributed by atoms with Gasteiger partial charge in [0, 0.05) is 49.2 Å². The van der Waals surface area contributed by atoms with Gasteiger partial charge in [0.15, 0.2) is 5.82 Å². The molecule has 3 aromatic rings. The van der Waals surface area contributed by atoms with Crippen molar-refractivity contribution >= 4 is 34.9 Å². The second kappa shape index (κ2) is 8.96. The van der Waals surface area contributed by atoms with E-state index in [1.54, 1.807) is 29.2 Å². The fourth-order valence-corrected chi connectivity index (χ4v) is 3.44. The van der Waals surface area contributed by atoms with Crippen molar-refractivity contribution in [2.24, 2.45) is 5.92 Å². The Balaban J connectivity index is 1.22. The van der Waals surface area contributed by atoms with Crippen molar-refractivity contribution < 1.29 is 9.59 Å². The first-order valence-electron chi connectivity index (χ1n) is 9.65. The van der Waals surface area contributed by atoms with E-state index in [2.05, 4.69) is 20.8 Å². The van der Waals surface area contributed by atoms with Gasteiger partial charge in [0.05, 0.1) is 5.92 Å². The number of anilines is 2. The summed E-state index contributed by atoms with van der Waals surface area (Å²) in [5.74, 6) is 0.804. The first-order valence-corrected chi connectivity index (χ1v) is 10.0. The highest BCUT2D eigenvalue weighted by Gasteiger charge is 2.34. The third-order valence-corrected chi connectivity index (χ3v) is 5.14. The lowest BCUT2D eigenvalue weighted by molar-refractivity contribution is -0.126. The lowest BCUT2D eigenvalue weighted by atomic mass is 10.1. The number of nitrogens with one attached hydrogen (secondary N) is 2. The van der Waals surface area contributed by atoms with Crippen LogP contribution in [-0.2, 0) is 9.59 Å². The number of carbonyl (C=O) groups excluding carboxylic acids is 2. The predicted molar refractivity (Wildman–Crippen MR) is 115 cm³/mol. The number of aromatic nitrogens is 3. The molecule has 9 heteroatoms. The Kier molecular flexibility index (Phi) is 5.94. The zero-order valence-corrected chi connectivity index (χ0v) is 16.9. The molecular formula is C21H21ClN6O2. The van der Waals surface area contributed by atoms with Crippen LogP contribution in [0.4, 0.5) is 11.5 Å². The molecule has 2 aromatic heterocycles. The fraction of sp³-hybridized carbons (Fsp3) is 0.238. The van der Waals surface area contributed by atoms with Gasteiger partial charge in [-0.25, -0.2) is 0 Å². The number of rotatable bonds is 7. The predicted octanol–water partition coefficient (Wildman–Crippen LogP) is 2.50. The highest BCUT2D eigenvalue weighted by molar-refractivity contribution is 6.30. The van der Waals surface area contributed by atoms with E-state index in [0.717, 1.165) is 11.5 Å². The quantitative estimate of drug-likeness (QED) is 0.568. The normalized spacial score (nSPS) is 16.0. The Morgan fingerprint density at radius 2 is 1.83 bits per heavy atom. The molecule has 0 bridgehead atoms.